The Balaban J connectivity index is 2.01. The van der Waals surface area contributed by atoms with Crippen LogP contribution in [0.5, 0.6) is 0 Å². The van der Waals surface area contributed by atoms with E-state index in [4.69, 9.17) is 16.0 Å². The predicted molar refractivity (Wildman–Crippen MR) is 59.1 cm³/mol. The molecule has 1 amide bonds. The summed E-state index contributed by atoms with van der Waals surface area (Å²) in [7, 11) is 0. The lowest BCUT2D eigenvalue weighted by Crippen LogP contribution is -2.22. The molecule has 5 heteroatoms. The number of carbonyl (C=O) groups is 1. The lowest BCUT2D eigenvalue weighted by Gasteiger charge is -2.04. The average Bonchev–Trinajstić information content (AvgIpc) is 2.79. The highest BCUT2D eigenvalue weighted by molar-refractivity contribution is 6.33. The number of rotatable bonds is 3. The van der Waals surface area contributed by atoms with E-state index in [2.05, 4.69) is 10.3 Å². The van der Waals surface area contributed by atoms with Crippen LogP contribution in [0.3, 0.4) is 0 Å². The Morgan fingerprint density at radius 3 is 3.06 bits per heavy atom. The zero-order chi connectivity index (χ0) is 11.4. The smallest absolute Gasteiger partial charge is 0.253 e. The first kappa shape index (κ1) is 10.7. The highest BCUT2D eigenvalue weighted by Gasteiger charge is 2.09. The summed E-state index contributed by atoms with van der Waals surface area (Å²) < 4.78 is 4.89. The van der Waals surface area contributed by atoms with Crippen LogP contribution in [0.25, 0.3) is 0 Å². The molecule has 0 saturated heterocycles. The van der Waals surface area contributed by atoms with Crippen LogP contribution < -0.4 is 5.32 Å². The molecule has 2 aromatic heterocycles. The van der Waals surface area contributed by atoms with Crippen LogP contribution in [0.15, 0.2) is 41.5 Å². The minimum atomic E-state index is -0.228. The number of amides is 1. The van der Waals surface area contributed by atoms with Crippen molar-refractivity contribution in [2.45, 2.75) is 6.54 Å². The summed E-state index contributed by atoms with van der Waals surface area (Å²) >= 11 is 5.84. The standard InChI is InChI=1S/C11H9ClN2O2/c12-10-6-13-3-1-9(10)11(15)14-5-8-2-4-16-7-8/h1-4,6-7H,5H2,(H,14,15). The quantitative estimate of drug-likeness (QED) is 0.889. The van der Waals surface area contributed by atoms with Crippen molar-refractivity contribution < 1.29 is 9.21 Å². The molecular formula is C11H9ClN2O2. The summed E-state index contributed by atoms with van der Waals surface area (Å²) in [4.78, 5) is 15.5. The van der Waals surface area contributed by atoms with Crippen molar-refractivity contribution in [3.8, 4) is 0 Å². The molecule has 0 fully saturated rings. The number of halogens is 1. The van der Waals surface area contributed by atoms with Crippen molar-refractivity contribution in [3.63, 3.8) is 0 Å². The van der Waals surface area contributed by atoms with E-state index in [1.807, 2.05) is 0 Å². The second kappa shape index (κ2) is 4.81. The molecule has 0 aliphatic heterocycles. The van der Waals surface area contributed by atoms with Gasteiger partial charge in [-0.25, -0.2) is 0 Å². The molecule has 0 aliphatic carbocycles. The number of pyridine rings is 1. The molecule has 82 valence electrons. The van der Waals surface area contributed by atoms with Crippen LogP contribution >= 0.6 is 11.6 Å². The zero-order valence-corrected chi connectivity index (χ0v) is 9.07. The Hall–Kier alpha value is -1.81. The molecule has 0 radical (unpaired) electrons. The van der Waals surface area contributed by atoms with Crippen LogP contribution in [-0.4, -0.2) is 10.9 Å². The lowest BCUT2D eigenvalue weighted by atomic mass is 10.2. The number of nitrogens with zero attached hydrogens (tertiary/aromatic N) is 1. The first-order valence-electron chi connectivity index (χ1n) is 4.66. The van der Waals surface area contributed by atoms with Gasteiger partial charge in [0.2, 0.25) is 0 Å². The van der Waals surface area contributed by atoms with E-state index in [0.29, 0.717) is 17.1 Å². The van der Waals surface area contributed by atoms with E-state index in [0.717, 1.165) is 5.56 Å². The average molecular weight is 237 g/mol. The number of nitrogens with one attached hydrogen (secondary N) is 1. The maximum Gasteiger partial charge on any atom is 0.253 e. The zero-order valence-electron chi connectivity index (χ0n) is 8.31. The maximum absolute atomic E-state index is 11.7. The molecule has 0 atom stereocenters. The van der Waals surface area contributed by atoms with Gasteiger partial charge < -0.3 is 9.73 Å². The minimum Gasteiger partial charge on any atom is -0.472 e. The molecule has 0 aliphatic rings. The fourth-order valence-corrected chi connectivity index (χ4v) is 1.44. The Bertz CT molecular complexity index is 482. The summed E-state index contributed by atoms with van der Waals surface area (Å²) in [6, 6.07) is 3.36. The van der Waals surface area contributed by atoms with Crippen LogP contribution in [0.4, 0.5) is 0 Å². The normalized spacial score (nSPS) is 10.1. The van der Waals surface area contributed by atoms with Crippen molar-refractivity contribution in [2.24, 2.45) is 0 Å². The van der Waals surface area contributed by atoms with Crippen LogP contribution in [-0.2, 0) is 6.54 Å². The molecule has 0 saturated carbocycles. The Labute approximate surface area is 97.2 Å². The summed E-state index contributed by atoms with van der Waals surface area (Å²) in [5.74, 6) is -0.228. The van der Waals surface area contributed by atoms with Crippen molar-refractivity contribution in [1.29, 1.82) is 0 Å². The van der Waals surface area contributed by atoms with Gasteiger partial charge in [-0.1, -0.05) is 11.6 Å². The second-order valence-corrected chi connectivity index (χ2v) is 3.58. The third-order valence-corrected chi connectivity index (χ3v) is 2.35. The molecule has 2 heterocycles. The van der Waals surface area contributed by atoms with E-state index in [9.17, 15) is 4.79 Å². The molecule has 2 rings (SSSR count). The maximum atomic E-state index is 11.7. The molecule has 0 unspecified atom stereocenters. The number of furan rings is 1. The molecule has 16 heavy (non-hydrogen) atoms. The molecule has 1 N–H and O–H groups in total. The number of hydrogen-bond acceptors (Lipinski definition) is 3. The molecule has 0 bridgehead atoms. The third-order valence-electron chi connectivity index (χ3n) is 2.05. The predicted octanol–water partition coefficient (Wildman–Crippen LogP) is 2.26. The van der Waals surface area contributed by atoms with Crippen molar-refractivity contribution >= 4 is 17.5 Å². The Kier molecular flexibility index (Phi) is 3.22. The van der Waals surface area contributed by atoms with E-state index in [-0.39, 0.29) is 5.91 Å². The van der Waals surface area contributed by atoms with Crippen molar-refractivity contribution in [2.75, 3.05) is 0 Å². The van der Waals surface area contributed by atoms with Gasteiger partial charge in [-0.3, -0.25) is 9.78 Å². The summed E-state index contributed by atoms with van der Waals surface area (Å²) in [6.07, 6.45) is 6.10. The number of hydrogen-bond donors (Lipinski definition) is 1. The first-order valence-corrected chi connectivity index (χ1v) is 5.04. The number of aromatic nitrogens is 1. The van der Waals surface area contributed by atoms with Gasteiger partial charge in [-0.05, 0) is 12.1 Å². The second-order valence-electron chi connectivity index (χ2n) is 3.17. The Morgan fingerprint density at radius 2 is 2.38 bits per heavy atom. The highest BCUT2D eigenvalue weighted by atomic mass is 35.5. The van der Waals surface area contributed by atoms with E-state index in [1.54, 1.807) is 24.7 Å². The molecule has 0 aromatic carbocycles. The topological polar surface area (TPSA) is 55.1 Å². The molecular weight excluding hydrogens is 228 g/mol. The highest BCUT2D eigenvalue weighted by Crippen LogP contribution is 2.13. The van der Waals surface area contributed by atoms with Gasteiger partial charge in [-0.15, -0.1) is 0 Å². The van der Waals surface area contributed by atoms with Gasteiger partial charge in [-0.2, -0.15) is 0 Å². The van der Waals surface area contributed by atoms with Gasteiger partial charge in [0.1, 0.15) is 0 Å². The SMILES string of the molecule is O=C(NCc1ccoc1)c1ccncc1Cl. The van der Waals surface area contributed by atoms with E-state index < -0.39 is 0 Å². The van der Waals surface area contributed by atoms with Crippen LogP contribution in [0, 0.1) is 0 Å². The van der Waals surface area contributed by atoms with Gasteiger partial charge in [0.25, 0.3) is 5.91 Å². The van der Waals surface area contributed by atoms with Gasteiger partial charge in [0, 0.05) is 24.5 Å². The van der Waals surface area contributed by atoms with Gasteiger partial charge >= 0.3 is 0 Å². The summed E-state index contributed by atoms with van der Waals surface area (Å²) in [5, 5.41) is 3.07. The monoisotopic (exact) mass is 236 g/mol. The fourth-order valence-electron chi connectivity index (χ4n) is 1.23. The molecule has 0 spiro atoms. The fraction of sp³-hybridized carbons (Fsp3) is 0.0909. The minimum absolute atomic E-state index is 0.228. The Morgan fingerprint density at radius 1 is 1.50 bits per heavy atom. The van der Waals surface area contributed by atoms with Crippen molar-refractivity contribution in [1.82, 2.24) is 10.3 Å². The third kappa shape index (κ3) is 2.41. The largest absolute Gasteiger partial charge is 0.472 e. The van der Waals surface area contributed by atoms with Crippen LogP contribution in [0.1, 0.15) is 15.9 Å². The molecule has 4 nitrogen and oxygen atoms in total. The van der Waals surface area contributed by atoms with E-state index in [1.165, 1.54) is 12.4 Å². The van der Waals surface area contributed by atoms with Crippen LogP contribution in [0.2, 0.25) is 5.02 Å². The number of carbonyl (C=O) groups excluding carboxylic acids is 1. The lowest BCUT2D eigenvalue weighted by molar-refractivity contribution is 0.0951. The summed E-state index contributed by atoms with van der Waals surface area (Å²) in [6.45, 7) is 0.411. The van der Waals surface area contributed by atoms with Gasteiger partial charge in [0.05, 0.1) is 23.1 Å². The summed E-state index contributed by atoms with van der Waals surface area (Å²) in [5.41, 5.74) is 1.32. The van der Waals surface area contributed by atoms with E-state index >= 15 is 0 Å². The first-order chi connectivity index (χ1) is 7.77. The van der Waals surface area contributed by atoms with Crippen molar-refractivity contribution in [3.05, 3.63) is 53.2 Å². The van der Waals surface area contributed by atoms with Gasteiger partial charge in [0.15, 0.2) is 0 Å². The molecule has 2 aromatic rings.